The average Bonchev–Trinajstić information content (AvgIpc) is 2.93. The Morgan fingerprint density at radius 1 is 1.32 bits per heavy atom. The Morgan fingerprint density at radius 2 is 2.04 bits per heavy atom. The number of carbonyl (C=O) groups is 1. The molecule has 1 atom stereocenters. The highest BCUT2D eigenvalue weighted by Crippen LogP contribution is 2.19. The molecular weight excluding hydrogens is 314 g/mol. The zero-order valence-corrected chi connectivity index (χ0v) is 16.1. The van der Waals surface area contributed by atoms with Gasteiger partial charge in [0, 0.05) is 32.7 Å². The van der Waals surface area contributed by atoms with Crippen molar-refractivity contribution in [3.05, 3.63) is 35.9 Å². The highest BCUT2D eigenvalue weighted by atomic mass is 16.6. The Labute approximate surface area is 152 Å². The normalized spacial score (nSPS) is 18.5. The van der Waals surface area contributed by atoms with E-state index in [2.05, 4.69) is 52.5 Å². The molecule has 5 nitrogen and oxygen atoms in total. The predicted molar refractivity (Wildman–Crippen MR) is 102 cm³/mol. The summed E-state index contributed by atoms with van der Waals surface area (Å²) in [4.78, 5) is 16.5. The lowest BCUT2D eigenvalue weighted by Gasteiger charge is -2.23. The van der Waals surface area contributed by atoms with E-state index in [0.717, 1.165) is 26.2 Å². The summed E-state index contributed by atoms with van der Waals surface area (Å²) < 4.78 is 5.25. The highest BCUT2D eigenvalue weighted by Gasteiger charge is 2.23. The predicted octanol–water partition coefficient (Wildman–Crippen LogP) is 2.97. The molecule has 1 aliphatic heterocycles. The number of nitrogens with one attached hydrogen (secondary N) is 1. The minimum Gasteiger partial charge on any atom is -0.444 e. The molecule has 0 aliphatic carbocycles. The number of hydrogen-bond acceptors (Lipinski definition) is 4. The molecule has 1 saturated heterocycles. The lowest BCUT2D eigenvalue weighted by atomic mass is 10.1. The monoisotopic (exact) mass is 347 g/mol. The van der Waals surface area contributed by atoms with Crippen molar-refractivity contribution in [2.45, 2.75) is 39.3 Å². The molecule has 1 amide bonds. The number of hydrogen-bond donors (Lipinski definition) is 1. The largest absolute Gasteiger partial charge is 0.444 e. The van der Waals surface area contributed by atoms with Gasteiger partial charge in [0.1, 0.15) is 5.60 Å². The van der Waals surface area contributed by atoms with Gasteiger partial charge in [-0.05, 0) is 52.3 Å². The second-order valence-electron chi connectivity index (χ2n) is 8.07. The second-order valence-corrected chi connectivity index (χ2v) is 8.07. The summed E-state index contributed by atoms with van der Waals surface area (Å²) in [5.74, 6) is 0.704. The zero-order chi connectivity index (χ0) is 18.3. The van der Waals surface area contributed by atoms with Crippen LogP contribution in [0.2, 0.25) is 0 Å². The number of benzene rings is 1. The van der Waals surface area contributed by atoms with Gasteiger partial charge >= 0.3 is 6.09 Å². The summed E-state index contributed by atoms with van der Waals surface area (Å²) in [5.41, 5.74) is 0.945. The summed E-state index contributed by atoms with van der Waals surface area (Å²) in [6, 6.07) is 10.7. The molecule has 0 aromatic heterocycles. The van der Waals surface area contributed by atoms with Crippen LogP contribution in [0, 0.1) is 5.92 Å². The van der Waals surface area contributed by atoms with Crippen molar-refractivity contribution in [1.29, 1.82) is 0 Å². The van der Waals surface area contributed by atoms with Crippen molar-refractivity contribution >= 4 is 6.09 Å². The Bertz CT molecular complexity index is 527. The quantitative estimate of drug-likeness (QED) is 0.824. The molecule has 1 unspecified atom stereocenters. The number of alkyl carbamates (subject to hydrolysis) is 1. The number of likely N-dealkylation sites (N-methyl/N-ethyl adjacent to an activating group) is 1. The molecule has 1 aromatic rings. The molecule has 0 bridgehead atoms. The number of ether oxygens (including phenoxy) is 1. The van der Waals surface area contributed by atoms with Gasteiger partial charge in [-0.25, -0.2) is 4.79 Å². The van der Waals surface area contributed by atoms with E-state index < -0.39 is 5.60 Å². The van der Waals surface area contributed by atoms with Gasteiger partial charge < -0.3 is 15.0 Å². The van der Waals surface area contributed by atoms with Crippen molar-refractivity contribution < 1.29 is 9.53 Å². The van der Waals surface area contributed by atoms with E-state index in [-0.39, 0.29) is 6.09 Å². The van der Waals surface area contributed by atoms with Gasteiger partial charge in [0.05, 0.1) is 0 Å². The molecule has 2 rings (SSSR count). The van der Waals surface area contributed by atoms with Crippen LogP contribution in [0.3, 0.4) is 0 Å². The first-order chi connectivity index (χ1) is 11.8. The Hall–Kier alpha value is -1.59. The van der Waals surface area contributed by atoms with Gasteiger partial charge in [0.15, 0.2) is 0 Å². The molecule has 1 aromatic carbocycles. The van der Waals surface area contributed by atoms with Crippen molar-refractivity contribution in [2.75, 3.05) is 39.8 Å². The first-order valence-electron chi connectivity index (χ1n) is 9.23. The molecular formula is C20H33N3O2. The number of amides is 1. The van der Waals surface area contributed by atoms with Crippen LogP contribution >= 0.6 is 0 Å². The molecule has 5 heteroatoms. The smallest absolute Gasteiger partial charge is 0.407 e. The number of likely N-dealkylation sites (tertiary alicyclic amines) is 1. The van der Waals surface area contributed by atoms with E-state index in [1.807, 2.05) is 20.8 Å². The van der Waals surface area contributed by atoms with E-state index in [1.54, 1.807) is 0 Å². The molecule has 1 heterocycles. The van der Waals surface area contributed by atoms with Crippen molar-refractivity contribution in [2.24, 2.45) is 5.92 Å². The van der Waals surface area contributed by atoms with E-state index in [1.165, 1.54) is 18.5 Å². The molecule has 1 fully saturated rings. The molecule has 0 saturated carbocycles. The van der Waals surface area contributed by atoms with Crippen LogP contribution in [0.25, 0.3) is 0 Å². The molecule has 140 valence electrons. The number of carbonyl (C=O) groups excluding carboxylic acids is 1. The van der Waals surface area contributed by atoms with Crippen LogP contribution in [0.15, 0.2) is 30.3 Å². The van der Waals surface area contributed by atoms with Gasteiger partial charge in [0.2, 0.25) is 0 Å². The highest BCUT2D eigenvalue weighted by molar-refractivity contribution is 5.67. The van der Waals surface area contributed by atoms with Crippen LogP contribution < -0.4 is 5.32 Å². The van der Waals surface area contributed by atoms with Crippen LogP contribution in [0.4, 0.5) is 4.79 Å². The topological polar surface area (TPSA) is 44.8 Å². The number of nitrogens with zero attached hydrogens (tertiary/aromatic N) is 2. The van der Waals surface area contributed by atoms with Gasteiger partial charge in [-0.3, -0.25) is 4.90 Å². The second kappa shape index (κ2) is 9.20. The van der Waals surface area contributed by atoms with Crippen LogP contribution in [-0.2, 0) is 11.3 Å². The third-order valence-corrected chi connectivity index (χ3v) is 4.35. The van der Waals surface area contributed by atoms with Crippen LogP contribution in [0.5, 0.6) is 0 Å². The van der Waals surface area contributed by atoms with E-state index in [0.29, 0.717) is 12.5 Å². The van der Waals surface area contributed by atoms with Crippen molar-refractivity contribution in [3.8, 4) is 0 Å². The zero-order valence-electron chi connectivity index (χ0n) is 16.1. The van der Waals surface area contributed by atoms with Crippen molar-refractivity contribution in [1.82, 2.24) is 15.1 Å². The number of rotatable bonds is 7. The molecule has 0 spiro atoms. The maximum absolute atomic E-state index is 11.6. The van der Waals surface area contributed by atoms with Crippen LogP contribution in [-0.4, -0.2) is 61.3 Å². The molecule has 1 aliphatic rings. The SMILES string of the molecule is CN(CCNC(=O)OC(C)(C)C)CC1CCN(Cc2ccccc2)C1. The van der Waals surface area contributed by atoms with Gasteiger partial charge in [-0.2, -0.15) is 0 Å². The molecule has 0 radical (unpaired) electrons. The fourth-order valence-corrected chi connectivity index (χ4v) is 3.24. The van der Waals surface area contributed by atoms with Gasteiger partial charge in [-0.1, -0.05) is 30.3 Å². The average molecular weight is 348 g/mol. The fourth-order valence-electron chi connectivity index (χ4n) is 3.24. The lowest BCUT2D eigenvalue weighted by molar-refractivity contribution is 0.0523. The third kappa shape index (κ3) is 7.88. The fraction of sp³-hybridized carbons (Fsp3) is 0.650. The maximum Gasteiger partial charge on any atom is 0.407 e. The minimum absolute atomic E-state index is 0.337. The summed E-state index contributed by atoms with van der Waals surface area (Å²) in [6.07, 6.45) is 0.909. The van der Waals surface area contributed by atoms with E-state index >= 15 is 0 Å². The summed E-state index contributed by atoms with van der Waals surface area (Å²) in [7, 11) is 2.12. The summed E-state index contributed by atoms with van der Waals surface area (Å²) >= 11 is 0. The summed E-state index contributed by atoms with van der Waals surface area (Å²) in [5, 5.41) is 2.82. The van der Waals surface area contributed by atoms with E-state index in [4.69, 9.17) is 4.74 Å². The molecule has 25 heavy (non-hydrogen) atoms. The standard InChI is InChI=1S/C20H33N3O2/c1-20(2,3)25-19(24)21-11-13-22(4)14-18-10-12-23(16-18)15-17-8-6-5-7-9-17/h5-9,18H,10-16H2,1-4H3,(H,21,24). The summed E-state index contributed by atoms with van der Waals surface area (Å²) in [6.45, 7) is 11.5. The lowest BCUT2D eigenvalue weighted by Crippen LogP contribution is -2.38. The minimum atomic E-state index is -0.442. The Balaban J connectivity index is 1.61. The first kappa shape index (κ1) is 19.7. The first-order valence-corrected chi connectivity index (χ1v) is 9.23. The van der Waals surface area contributed by atoms with Crippen LogP contribution in [0.1, 0.15) is 32.8 Å². The van der Waals surface area contributed by atoms with Gasteiger partial charge in [0.25, 0.3) is 0 Å². The Kier molecular flexibility index (Phi) is 7.26. The molecule has 1 N–H and O–H groups in total. The van der Waals surface area contributed by atoms with Gasteiger partial charge in [-0.15, -0.1) is 0 Å². The van der Waals surface area contributed by atoms with E-state index in [9.17, 15) is 4.79 Å². The Morgan fingerprint density at radius 3 is 2.72 bits per heavy atom. The van der Waals surface area contributed by atoms with Crippen molar-refractivity contribution in [3.63, 3.8) is 0 Å². The third-order valence-electron chi connectivity index (χ3n) is 4.35. The maximum atomic E-state index is 11.6.